The van der Waals surface area contributed by atoms with Crippen molar-refractivity contribution in [1.82, 2.24) is 25.0 Å². The lowest BCUT2D eigenvalue weighted by Crippen LogP contribution is -2.48. The Morgan fingerprint density at radius 3 is 2.44 bits per heavy atom. The number of nitrogens with one attached hydrogen (secondary N) is 1. The summed E-state index contributed by atoms with van der Waals surface area (Å²) < 4.78 is 0. The van der Waals surface area contributed by atoms with Crippen molar-refractivity contribution < 1.29 is 4.79 Å². The first kappa shape index (κ1) is 17.7. The number of amides is 1. The molecule has 1 aliphatic rings. The van der Waals surface area contributed by atoms with E-state index in [0.717, 1.165) is 30.9 Å². The van der Waals surface area contributed by atoms with Crippen LogP contribution in [0.2, 0.25) is 5.02 Å². The maximum atomic E-state index is 13.0. The number of rotatable bonds is 4. The van der Waals surface area contributed by atoms with Crippen LogP contribution in [0.1, 0.15) is 15.9 Å². The van der Waals surface area contributed by atoms with E-state index in [4.69, 9.17) is 11.6 Å². The third-order valence-electron chi connectivity index (χ3n) is 4.82. The fourth-order valence-corrected chi connectivity index (χ4v) is 3.44. The molecule has 2 aromatic heterocycles. The molecule has 0 bridgehead atoms. The van der Waals surface area contributed by atoms with E-state index in [1.807, 2.05) is 53.7 Å². The highest BCUT2D eigenvalue weighted by Crippen LogP contribution is 2.24. The predicted octanol–water partition coefficient (Wildman–Crippen LogP) is 3.08. The third kappa shape index (κ3) is 4.02. The molecule has 6 nitrogen and oxygen atoms in total. The molecular weight excluding hydrogens is 362 g/mol. The Morgan fingerprint density at radius 2 is 1.74 bits per heavy atom. The molecule has 7 heteroatoms. The Bertz CT molecular complexity index is 902. The van der Waals surface area contributed by atoms with Crippen molar-refractivity contribution in [3.8, 4) is 11.3 Å². The average Bonchev–Trinajstić information content (AvgIpc) is 3.19. The normalized spacial score (nSPS) is 15.1. The first-order valence-corrected chi connectivity index (χ1v) is 9.28. The Hall–Kier alpha value is -2.70. The maximum Gasteiger partial charge on any atom is 0.257 e. The highest BCUT2D eigenvalue weighted by molar-refractivity contribution is 6.30. The Labute approximate surface area is 162 Å². The quantitative estimate of drug-likeness (QED) is 0.754. The number of hydrogen-bond donors (Lipinski definition) is 1. The molecule has 0 saturated carbocycles. The van der Waals surface area contributed by atoms with Crippen molar-refractivity contribution >= 4 is 17.5 Å². The van der Waals surface area contributed by atoms with Gasteiger partial charge in [0.05, 0.1) is 17.5 Å². The smallest absolute Gasteiger partial charge is 0.257 e. The summed E-state index contributed by atoms with van der Waals surface area (Å²) >= 11 is 5.96. The number of aromatic amines is 1. The van der Waals surface area contributed by atoms with Gasteiger partial charge in [-0.2, -0.15) is 5.10 Å². The van der Waals surface area contributed by atoms with Gasteiger partial charge in [-0.05, 0) is 29.8 Å². The highest BCUT2D eigenvalue weighted by atomic mass is 35.5. The standard InChI is InChI=1S/C20H20ClN5O/c21-17-3-1-16(2-4-17)19-18(13-23-24-19)20(27)26-11-9-25(10-12-26)14-15-5-7-22-8-6-15/h1-8,13H,9-12,14H2,(H,23,24). The lowest BCUT2D eigenvalue weighted by atomic mass is 10.1. The second-order valence-electron chi connectivity index (χ2n) is 6.59. The van der Waals surface area contributed by atoms with Crippen molar-refractivity contribution in [2.45, 2.75) is 6.54 Å². The van der Waals surface area contributed by atoms with Crippen LogP contribution in [-0.4, -0.2) is 57.1 Å². The summed E-state index contributed by atoms with van der Waals surface area (Å²) in [6.45, 7) is 3.99. The summed E-state index contributed by atoms with van der Waals surface area (Å²) in [7, 11) is 0. The Balaban J connectivity index is 1.42. The van der Waals surface area contributed by atoms with Crippen LogP contribution in [0.3, 0.4) is 0 Å². The minimum absolute atomic E-state index is 0.0114. The molecule has 1 aromatic carbocycles. The monoisotopic (exact) mass is 381 g/mol. The molecule has 1 fully saturated rings. The highest BCUT2D eigenvalue weighted by Gasteiger charge is 2.25. The number of hydrogen-bond acceptors (Lipinski definition) is 4. The minimum atomic E-state index is 0.0114. The van der Waals surface area contributed by atoms with E-state index in [1.165, 1.54) is 5.56 Å². The second-order valence-corrected chi connectivity index (χ2v) is 7.03. The molecule has 0 atom stereocenters. The number of carbonyl (C=O) groups is 1. The van der Waals surface area contributed by atoms with Gasteiger partial charge in [0, 0.05) is 55.7 Å². The summed E-state index contributed by atoms with van der Waals surface area (Å²) in [4.78, 5) is 21.3. The molecule has 4 rings (SSSR count). The molecule has 1 saturated heterocycles. The van der Waals surface area contributed by atoms with Gasteiger partial charge in [-0.15, -0.1) is 0 Å². The van der Waals surface area contributed by atoms with E-state index in [-0.39, 0.29) is 5.91 Å². The van der Waals surface area contributed by atoms with Crippen LogP contribution in [0.25, 0.3) is 11.3 Å². The number of carbonyl (C=O) groups excluding carboxylic acids is 1. The molecule has 27 heavy (non-hydrogen) atoms. The fourth-order valence-electron chi connectivity index (χ4n) is 3.31. The Morgan fingerprint density at radius 1 is 1.04 bits per heavy atom. The van der Waals surface area contributed by atoms with Crippen LogP contribution in [0.5, 0.6) is 0 Å². The van der Waals surface area contributed by atoms with Gasteiger partial charge in [0.15, 0.2) is 0 Å². The van der Waals surface area contributed by atoms with Gasteiger partial charge in [-0.25, -0.2) is 0 Å². The largest absolute Gasteiger partial charge is 0.336 e. The lowest BCUT2D eigenvalue weighted by molar-refractivity contribution is 0.0629. The van der Waals surface area contributed by atoms with Crippen LogP contribution in [0.4, 0.5) is 0 Å². The molecule has 0 radical (unpaired) electrons. The number of H-pyrrole nitrogens is 1. The first-order valence-electron chi connectivity index (χ1n) is 8.90. The van der Waals surface area contributed by atoms with E-state index in [9.17, 15) is 4.79 Å². The van der Waals surface area contributed by atoms with Crippen molar-refractivity contribution in [1.29, 1.82) is 0 Å². The van der Waals surface area contributed by atoms with Gasteiger partial charge in [0.25, 0.3) is 5.91 Å². The van der Waals surface area contributed by atoms with E-state index < -0.39 is 0 Å². The number of nitrogens with zero attached hydrogens (tertiary/aromatic N) is 4. The minimum Gasteiger partial charge on any atom is -0.336 e. The molecule has 3 aromatic rings. The second kappa shape index (κ2) is 7.90. The molecule has 3 heterocycles. The van der Waals surface area contributed by atoms with Gasteiger partial charge in [-0.3, -0.25) is 19.8 Å². The van der Waals surface area contributed by atoms with Gasteiger partial charge >= 0.3 is 0 Å². The summed E-state index contributed by atoms with van der Waals surface area (Å²) in [6.07, 6.45) is 5.23. The summed E-state index contributed by atoms with van der Waals surface area (Å²) in [5.74, 6) is 0.0114. The zero-order chi connectivity index (χ0) is 18.6. The van der Waals surface area contributed by atoms with Gasteiger partial charge in [0.2, 0.25) is 0 Å². The summed E-state index contributed by atoms with van der Waals surface area (Å²) in [5, 5.41) is 7.70. The van der Waals surface area contributed by atoms with Gasteiger partial charge in [-0.1, -0.05) is 23.7 Å². The van der Waals surface area contributed by atoms with Gasteiger partial charge in [0.1, 0.15) is 0 Å². The number of piperazine rings is 1. The fraction of sp³-hybridized carbons (Fsp3) is 0.250. The van der Waals surface area contributed by atoms with Crippen LogP contribution >= 0.6 is 11.6 Å². The average molecular weight is 382 g/mol. The SMILES string of the molecule is O=C(c1cn[nH]c1-c1ccc(Cl)cc1)N1CCN(Cc2ccncc2)CC1. The van der Waals surface area contributed by atoms with Crippen molar-refractivity contribution in [2.24, 2.45) is 0 Å². The molecule has 0 unspecified atom stereocenters. The molecule has 0 aliphatic carbocycles. The molecule has 1 aliphatic heterocycles. The zero-order valence-electron chi connectivity index (χ0n) is 14.8. The predicted molar refractivity (Wildman–Crippen MR) is 104 cm³/mol. The molecule has 1 N–H and O–H groups in total. The van der Waals surface area contributed by atoms with E-state index in [1.54, 1.807) is 6.20 Å². The van der Waals surface area contributed by atoms with E-state index in [0.29, 0.717) is 23.7 Å². The molecule has 0 spiro atoms. The summed E-state index contributed by atoms with van der Waals surface area (Å²) in [5.41, 5.74) is 3.47. The lowest BCUT2D eigenvalue weighted by Gasteiger charge is -2.34. The third-order valence-corrected chi connectivity index (χ3v) is 5.07. The number of benzene rings is 1. The maximum absolute atomic E-state index is 13.0. The first-order chi connectivity index (χ1) is 13.2. The summed E-state index contributed by atoms with van der Waals surface area (Å²) in [6, 6.07) is 11.5. The zero-order valence-corrected chi connectivity index (χ0v) is 15.6. The topological polar surface area (TPSA) is 65.1 Å². The van der Waals surface area contributed by atoms with Crippen LogP contribution in [0, 0.1) is 0 Å². The Kier molecular flexibility index (Phi) is 5.18. The number of aromatic nitrogens is 3. The molecular formula is C20H20ClN5O. The molecule has 1 amide bonds. The van der Waals surface area contributed by atoms with Crippen LogP contribution in [0.15, 0.2) is 55.0 Å². The van der Waals surface area contributed by atoms with E-state index in [2.05, 4.69) is 20.1 Å². The van der Waals surface area contributed by atoms with Crippen molar-refractivity contribution in [3.05, 3.63) is 71.1 Å². The van der Waals surface area contributed by atoms with Gasteiger partial charge < -0.3 is 4.90 Å². The molecule has 138 valence electrons. The van der Waals surface area contributed by atoms with Crippen LogP contribution < -0.4 is 0 Å². The van der Waals surface area contributed by atoms with E-state index >= 15 is 0 Å². The van der Waals surface area contributed by atoms with Crippen LogP contribution in [-0.2, 0) is 6.54 Å². The number of halogens is 1. The number of pyridine rings is 1. The van der Waals surface area contributed by atoms with Crippen molar-refractivity contribution in [3.63, 3.8) is 0 Å². The van der Waals surface area contributed by atoms with Crippen molar-refractivity contribution in [2.75, 3.05) is 26.2 Å².